The van der Waals surface area contributed by atoms with Gasteiger partial charge < -0.3 is 14.8 Å². The number of hydrogen-bond donors (Lipinski definition) is 2. The topological polar surface area (TPSA) is 70.0 Å². The second-order valence-corrected chi connectivity index (χ2v) is 5.24. The Labute approximate surface area is 129 Å². The van der Waals surface area contributed by atoms with E-state index >= 15 is 0 Å². The van der Waals surface area contributed by atoms with E-state index in [1.54, 1.807) is 13.2 Å². The molecular formula is C15H12BrN3O2. The fourth-order valence-corrected chi connectivity index (χ4v) is 2.61. The highest BCUT2D eigenvalue weighted by atomic mass is 79.9. The zero-order chi connectivity index (χ0) is 14.8. The van der Waals surface area contributed by atoms with Gasteiger partial charge in [0.15, 0.2) is 5.69 Å². The molecule has 21 heavy (non-hydrogen) atoms. The summed E-state index contributed by atoms with van der Waals surface area (Å²) in [5.41, 5.74) is 1.84. The third-order valence-electron chi connectivity index (χ3n) is 3.05. The van der Waals surface area contributed by atoms with Crippen molar-refractivity contribution in [1.82, 2.24) is 4.98 Å². The molecule has 0 aliphatic rings. The third-order valence-corrected chi connectivity index (χ3v) is 3.71. The number of hydrogen-bond acceptors (Lipinski definition) is 4. The number of nitrogens with one attached hydrogen (secondary N) is 1. The summed E-state index contributed by atoms with van der Waals surface area (Å²) in [6.07, 6.45) is 0. The van der Waals surface area contributed by atoms with E-state index in [1.807, 2.05) is 36.4 Å². The molecule has 0 radical (unpaired) electrons. The first-order chi connectivity index (χ1) is 10.2. The lowest BCUT2D eigenvalue weighted by molar-refractivity contribution is 0.415. The normalized spacial score (nSPS) is 11.3. The second kappa shape index (κ2) is 5.57. The molecule has 106 valence electrons. The lowest BCUT2D eigenvalue weighted by Gasteiger charge is -1.99. The predicted molar refractivity (Wildman–Crippen MR) is 84.8 cm³/mol. The van der Waals surface area contributed by atoms with Crippen LogP contribution in [0.5, 0.6) is 11.6 Å². The molecule has 6 heteroatoms. The summed E-state index contributed by atoms with van der Waals surface area (Å²) >= 11 is 3.46. The molecule has 1 aromatic heterocycles. The summed E-state index contributed by atoms with van der Waals surface area (Å²) in [5, 5.41) is 19.1. The van der Waals surface area contributed by atoms with Crippen molar-refractivity contribution in [3.63, 3.8) is 0 Å². The maximum absolute atomic E-state index is 9.98. The van der Waals surface area contributed by atoms with Crippen molar-refractivity contribution in [3.8, 4) is 11.6 Å². The molecule has 0 bridgehead atoms. The van der Waals surface area contributed by atoms with Crippen LogP contribution >= 0.6 is 15.9 Å². The summed E-state index contributed by atoms with van der Waals surface area (Å²) < 4.78 is 5.98. The molecule has 0 saturated carbocycles. The van der Waals surface area contributed by atoms with E-state index < -0.39 is 0 Å². The highest BCUT2D eigenvalue weighted by Crippen LogP contribution is 2.40. The largest absolute Gasteiger partial charge is 0.497 e. The molecule has 0 spiro atoms. The van der Waals surface area contributed by atoms with Gasteiger partial charge in [-0.05, 0) is 24.3 Å². The maximum Gasteiger partial charge on any atom is 0.218 e. The molecule has 5 nitrogen and oxygen atoms in total. The number of halogens is 1. The van der Waals surface area contributed by atoms with Crippen molar-refractivity contribution < 1.29 is 9.84 Å². The number of rotatable bonds is 3. The first-order valence-electron chi connectivity index (χ1n) is 6.24. The van der Waals surface area contributed by atoms with Crippen LogP contribution in [0.1, 0.15) is 0 Å². The van der Waals surface area contributed by atoms with Crippen molar-refractivity contribution >= 4 is 38.2 Å². The molecule has 0 atom stereocenters. The highest BCUT2D eigenvalue weighted by Gasteiger charge is 2.12. The number of aromatic nitrogens is 1. The van der Waals surface area contributed by atoms with E-state index in [1.165, 1.54) is 0 Å². The van der Waals surface area contributed by atoms with Gasteiger partial charge in [-0.3, -0.25) is 0 Å². The zero-order valence-electron chi connectivity index (χ0n) is 11.2. The van der Waals surface area contributed by atoms with Crippen molar-refractivity contribution in [3.05, 3.63) is 46.9 Å². The maximum atomic E-state index is 9.98. The van der Waals surface area contributed by atoms with Crippen LogP contribution < -0.4 is 4.74 Å². The molecule has 2 aromatic carbocycles. The number of aromatic hydroxyl groups is 1. The fourth-order valence-electron chi connectivity index (χ4n) is 2.05. The average Bonchev–Trinajstić information content (AvgIpc) is 2.82. The Hall–Kier alpha value is -2.34. The van der Waals surface area contributed by atoms with E-state index in [4.69, 9.17) is 4.74 Å². The van der Waals surface area contributed by atoms with E-state index in [9.17, 15) is 5.11 Å². The smallest absolute Gasteiger partial charge is 0.218 e. The summed E-state index contributed by atoms with van der Waals surface area (Å²) in [5.74, 6) is 0.694. The number of methoxy groups -OCH3 is 1. The zero-order valence-corrected chi connectivity index (χ0v) is 12.8. The lowest BCUT2D eigenvalue weighted by Crippen LogP contribution is -1.79. The summed E-state index contributed by atoms with van der Waals surface area (Å²) in [6, 6.07) is 12.9. The van der Waals surface area contributed by atoms with E-state index in [2.05, 4.69) is 31.1 Å². The quantitative estimate of drug-likeness (QED) is 0.651. The minimum Gasteiger partial charge on any atom is -0.497 e. The van der Waals surface area contributed by atoms with Gasteiger partial charge in [0.1, 0.15) is 5.75 Å². The molecule has 0 unspecified atom stereocenters. The summed E-state index contributed by atoms with van der Waals surface area (Å²) in [7, 11) is 1.60. The number of H-pyrrole nitrogens is 1. The standard InChI is InChI=1S/C15H12BrN3O2/c1-21-10-5-2-4-9(8-10)18-19-14-13-11(16)6-3-7-12(13)17-15(14)20/h2-8,17,20H,1H3. The number of ether oxygens (including phenoxy) is 1. The van der Waals surface area contributed by atoms with E-state index in [0.29, 0.717) is 17.1 Å². The molecule has 0 amide bonds. The van der Waals surface area contributed by atoms with Crippen LogP contribution in [0.2, 0.25) is 0 Å². The molecule has 2 N–H and O–H groups in total. The van der Waals surface area contributed by atoms with E-state index in [-0.39, 0.29) is 5.88 Å². The SMILES string of the molecule is COc1cccc(N=Nc2c(O)[nH]c3cccc(Br)c23)c1. The molecule has 0 fully saturated rings. The van der Waals surface area contributed by atoms with E-state index in [0.717, 1.165) is 15.4 Å². The third kappa shape index (κ3) is 2.62. The number of benzene rings is 2. The molecule has 3 aromatic rings. The Bertz CT molecular complexity index is 827. The molecular weight excluding hydrogens is 334 g/mol. The Balaban J connectivity index is 2.05. The molecule has 3 rings (SSSR count). The van der Waals surface area contributed by atoms with Crippen LogP contribution in [0.25, 0.3) is 10.9 Å². The van der Waals surface area contributed by atoms with Crippen molar-refractivity contribution in [1.29, 1.82) is 0 Å². The molecule has 0 aliphatic heterocycles. The molecule has 0 saturated heterocycles. The van der Waals surface area contributed by atoms with Gasteiger partial charge in [-0.15, -0.1) is 5.11 Å². The number of nitrogens with zero attached hydrogens (tertiary/aromatic N) is 2. The van der Waals surface area contributed by atoms with Crippen LogP contribution in [-0.2, 0) is 0 Å². The number of azo groups is 1. The van der Waals surface area contributed by atoms with Crippen molar-refractivity contribution in [2.75, 3.05) is 7.11 Å². The minimum absolute atomic E-state index is 0.0106. The highest BCUT2D eigenvalue weighted by molar-refractivity contribution is 9.10. The van der Waals surface area contributed by atoms with Crippen LogP contribution in [0.4, 0.5) is 11.4 Å². The Kier molecular flexibility index (Phi) is 3.62. The van der Waals surface area contributed by atoms with Crippen LogP contribution in [0, 0.1) is 0 Å². The van der Waals surface area contributed by atoms with Gasteiger partial charge in [0.25, 0.3) is 0 Å². The number of fused-ring (bicyclic) bond motifs is 1. The first kappa shape index (κ1) is 13.6. The fraction of sp³-hybridized carbons (Fsp3) is 0.0667. The Morgan fingerprint density at radius 2 is 1.95 bits per heavy atom. The second-order valence-electron chi connectivity index (χ2n) is 4.39. The van der Waals surface area contributed by atoms with Crippen LogP contribution in [0.3, 0.4) is 0 Å². The Morgan fingerprint density at radius 3 is 2.76 bits per heavy atom. The van der Waals surface area contributed by atoms with Gasteiger partial charge >= 0.3 is 0 Å². The molecule has 1 heterocycles. The average molecular weight is 346 g/mol. The van der Waals surface area contributed by atoms with Crippen LogP contribution in [0.15, 0.2) is 57.2 Å². The van der Waals surface area contributed by atoms with Gasteiger partial charge in [0, 0.05) is 15.9 Å². The monoisotopic (exact) mass is 345 g/mol. The molecule has 0 aliphatic carbocycles. The van der Waals surface area contributed by atoms with Gasteiger partial charge in [-0.25, -0.2) is 0 Å². The van der Waals surface area contributed by atoms with Gasteiger partial charge in [0.2, 0.25) is 5.88 Å². The summed E-state index contributed by atoms with van der Waals surface area (Å²) in [4.78, 5) is 2.87. The number of aromatic amines is 1. The van der Waals surface area contributed by atoms with Crippen molar-refractivity contribution in [2.24, 2.45) is 10.2 Å². The van der Waals surface area contributed by atoms with Crippen molar-refractivity contribution in [2.45, 2.75) is 0 Å². The van der Waals surface area contributed by atoms with Gasteiger partial charge in [-0.1, -0.05) is 28.1 Å². The minimum atomic E-state index is -0.0106. The predicted octanol–water partition coefficient (Wildman–Crippen LogP) is 5.06. The Morgan fingerprint density at radius 1 is 1.14 bits per heavy atom. The lowest BCUT2D eigenvalue weighted by atomic mass is 10.2. The van der Waals surface area contributed by atoms with Crippen LogP contribution in [-0.4, -0.2) is 17.2 Å². The first-order valence-corrected chi connectivity index (χ1v) is 7.03. The van der Waals surface area contributed by atoms with Gasteiger partial charge in [0.05, 0.1) is 18.3 Å². The summed E-state index contributed by atoms with van der Waals surface area (Å²) in [6.45, 7) is 0. The van der Waals surface area contributed by atoms with Gasteiger partial charge in [-0.2, -0.15) is 5.11 Å².